The van der Waals surface area contributed by atoms with Crippen LogP contribution in [0.3, 0.4) is 0 Å². The molecule has 28 heavy (non-hydrogen) atoms. The largest absolute Gasteiger partial charge is 0.497 e. The lowest BCUT2D eigenvalue weighted by atomic mass is 9.69. The monoisotopic (exact) mass is 385 g/mol. The molecule has 2 fully saturated rings. The van der Waals surface area contributed by atoms with Crippen molar-refractivity contribution in [2.75, 3.05) is 52.4 Å². The van der Waals surface area contributed by atoms with E-state index in [1.54, 1.807) is 14.2 Å². The van der Waals surface area contributed by atoms with Gasteiger partial charge in [0.05, 0.1) is 20.8 Å². The second-order valence-electron chi connectivity index (χ2n) is 8.34. The van der Waals surface area contributed by atoms with E-state index in [1.807, 2.05) is 12.1 Å². The highest BCUT2D eigenvalue weighted by atomic mass is 16.5. The van der Waals surface area contributed by atoms with Crippen LogP contribution in [0.4, 0.5) is 5.82 Å². The Morgan fingerprint density at radius 1 is 1.18 bits per heavy atom. The van der Waals surface area contributed by atoms with Crippen LogP contribution in [-0.4, -0.2) is 68.5 Å². The first-order valence-electron chi connectivity index (χ1n) is 10.1. The molecule has 3 heterocycles. The average Bonchev–Trinajstić information content (AvgIpc) is 2.73. The van der Waals surface area contributed by atoms with Crippen LogP contribution < -0.4 is 14.4 Å². The van der Waals surface area contributed by atoms with Crippen LogP contribution in [-0.2, 0) is 0 Å². The van der Waals surface area contributed by atoms with Gasteiger partial charge < -0.3 is 24.4 Å². The minimum atomic E-state index is 0.0282. The van der Waals surface area contributed by atoms with Crippen LogP contribution in [0, 0.1) is 12.3 Å². The Hall–Kier alpha value is -2.05. The van der Waals surface area contributed by atoms with Crippen LogP contribution in [0.15, 0.2) is 18.2 Å². The molecule has 2 saturated heterocycles. The number of hydrogen-bond donors (Lipinski definition) is 1. The van der Waals surface area contributed by atoms with Crippen molar-refractivity contribution in [1.82, 2.24) is 9.88 Å². The molecule has 6 nitrogen and oxygen atoms in total. The van der Waals surface area contributed by atoms with Gasteiger partial charge in [-0.2, -0.15) is 0 Å². The number of anilines is 1. The Morgan fingerprint density at radius 2 is 2.00 bits per heavy atom. The smallest absolute Gasteiger partial charge is 0.148 e. The quantitative estimate of drug-likeness (QED) is 0.873. The second kappa shape index (κ2) is 7.41. The molecule has 6 heteroatoms. The maximum absolute atomic E-state index is 10.2. The molecule has 1 aromatic carbocycles. The van der Waals surface area contributed by atoms with E-state index in [0.717, 1.165) is 66.3 Å². The normalized spacial score (nSPS) is 25.6. The maximum Gasteiger partial charge on any atom is 0.148 e. The number of fused-ring (bicyclic) bond motifs is 2. The minimum absolute atomic E-state index is 0.0282. The van der Waals surface area contributed by atoms with Crippen LogP contribution in [0.2, 0.25) is 0 Å². The number of ether oxygens (including phenoxy) is 2. The predicted octanol–water partition coefficient (Wildman–Crippen LogP) is 2.84. The van der Waals surface area contributed by atoms with Gasteiger partial charge in [-0.1, -0.05) is 0 Å². The third kappa shape index (κ3) is 3.08. The van der Waals surface area contributed by atoms with Crippen molar-refractivity contribution in [2.45, 2.75) is 32.2 Å². The minimum Gasteiger partial charge on any atom is -0.497 e. The van der Waals surface area contributed by atoms with E-state index in [-0.39, 0.29) is 12.0 Å². The van der Waals surface area contributed by atoms with E-state index in [2.05, 4.69) is 29.8 Å². The summed E-state index contributed by atoms with van der Waals surface area (Å²) in [4.78, 5) is 9.77. The fourth-order valence-electron chi connectivity index (χ4n) is 5.08. The Morgan fingerprint density at radius 3 is 2.71 bits per heavy atom. The van der Waals surface area contributed by atoms with Gasteiger partial charge >= 0.3 is 0 Å². The van der Waals surface area contributed by atoms with Gasteiger partial charge in [0.1, 0.15) is 22.8 Å². The highest BCUT2D eigenvalue weighted by molar-refractivity contribution is 5.90. The number of hydrogen-bond acceptors (Lipinski definition) is 6. The van der Waals surface area contributed by atoms with Gasteiger partial charge in [-0.05, 0) is 57.5 Å². The zero-order chi connectivity index (χ0) is 19.9. The van der Waals surface area contributed by atoms with E-state index in [1.165, 1.54) is 6.42 Å². The molecule has 0 amide bonds. The summed E-state index contributed by atoms with van der Waals surface area (Å²) in [5, 5.41) is 11.2. The molecular weight excluding hydrogens is 354 g/mol. The molecule has 2 atom stereocenters. The Kier molecular flexibility index (Phi) is 5.10. The molecule has 2 aromatic rings. The van der Waals surface area contributed by atoms with Crippen molar-refractivity contribution >= 4 is 16.7 Å². The summed E-state index contributed by atoms with van der Waals surface area (Å²) in [7, 11) is 5.52. The number of rotatable bonds is 4. The first-order valence-corrected chi connectivity index (χ1v) is 10.1. The highest BCUT2D eigenvalue weighted by Crippen LogP contribution is 2.43. The first-order chi connectivity index (χ1) is 13.5. The molecular formula is C22H31N3O3. The van der Waals surface area contributed by atoms with Crippen molar-refractivity contribution in [3.05, 3.63) is 23.8 Å². The Bertz CT molecular complexity index is 872. The Labute approximate surface area is 167 Å². The number of aliphatic hydroxyl groups excluding tert-OH is 1. The molecule has 2 aliphatic heterocycles. The van der Waals surface area contributed by atoms with Gasteiger partial charge in [0.25, 0.3) is 0 Å². The average molecular weight is 386 g/mol. The molecule has 1 N–H and O–H groups in total. The molecule has 0 aliphatic carbocycles. The fraction of sp³-hybridized carbons (Fsp3) is 0.591. The van der Waals surface area contributed by atoms with Gasteiger partial charge in [-0.25, -0.2) is 4.98 Å². The fourth-order valence-corrected chi connectivity index (χ4v) is 5.08. The second-order valence-corrected chi connectivity index (χ2v) is 8.34. The van der Waals surface area contributed by atoms with Crippen molar-refractivity contribution < 1.29 is 14.6 Å². The van der Waals surface area contributed by atoms with E-state index < -0.39 is 0 Å². The number of aryl methyl sites for hydroxylation is 1. The third-order valence-electron chi connectivity index (χ3n) is 6.84. The number of aliphatic hydroxyl groups is 1. The lowest BCUT2D eigenvalue weighted by Crippen LogP contribution is -2.61. The maximum atomic E-state index is 10.2. The highest BCUT2D eigenvalue weighted by Gasteiger charge is 2.46. The summed E-state index contributed by atoms with van der Waals surface area (Å²) >= 11 is 0. The van der Waals surface area contributed by atoms with Gasteiger partial charge in [-0.15, -0.1) is 0 Å². The van der Waals surface area contributed by atoms with Gasteiger partial charge in [-0.3, -0.25) is 0 Å². The standard InChI is InChI=1S/C22H31N3O3/c1-15-10-20(23-21-17(15)11-16(27-3)12-18(21)28-4)25-9-7-22(14-26)6-5-8-24(2)19(22)13-25/h10-12,19,26H,5-9,13-14H2,1-4H3/t19-,22-/m1/s1. The summed E-state index contributed by atoms with van der Waals surface area (Å²) < 4.78 is 11.0. The number of likely N-dealkylation sites (tertiary alicyclic amines) is 1. The zero-order valence-corrected chi connectivity index (χ0v) is 17.4. The van der Waals surface area contributed by atoms with E-state index in [0.29, 0.717) is 6.04 Å². The van der Waals surface area contributed by atoms with Crippen molar-refractivity contribution in [2.24, 2.45) is 5.41 Å². The van der Waals surface area contributed by atoms with Crippen LogP contribution >= 0.6 is 0 Å². The van der Waals surface area contributed by atoms with Gasteiger partial charge in [0, 0.05) is 36.0 Å². The van der Waals surface area contributed by atoms with Crippen molar-refractivity contribution in [3.8, 4) is 11.5 Å². The van der Waals surface area contributed by atoms with Crippen LogP contribution in [0.1, 0.15) is 24.8 Å². The molecule has 0 bridgehead atoms. The molecule has 1 aromatic heterocycles. The van der Waals surface area contributed by atoms with Crippen molar-refractivity contribution in [1.29, 1.82) is 0 Å². The van der Waals surface area contributed by atoms with Gasteiger partial charge in [0.2, 0.25) is 0 Å². The number of nitrogens with zero attached hydrogens (tertiary/aromatic N) is 3. The predicted molar refractivity (Wildman–Crippen MR) is 112 cm³/mol. The van der Waals surface area contributed by atoms with E-state index in [4.69, 9.17) is 14.5 Å². The molecule has 0 spiro atoms. The summed E-state index contributed by atoms with van der Waals surface area (Å²) in [6.07, 6.45) is 3.28. The zero-order valence-electron chi connectivity index (χ0n) is 17.4. The SMILES string of the molecule is COc1cc(OC)c2nc(N3CC[C@@]4(CO)CCCN(C)[C@@H]4C3)cc(C)c2c1. The molecule has 152 valence electrons. The van der Waals surface area contributed by atoms with Gasteiger partial charge in [0.15, 0.2) is 0 Å². The lowest BCUT2D eigenvalue weighted by Gasteiger charge is -2.53. The lowest BCUT2D eigenvalue weighted by molar-refractivity contribution is -0.0277. The van der Waals surface area contributed by atoms with Crippen molar-refractivity contribution in [3.63, 3.8) is 0 Å². The summed E-state index contributed by atoms with van der Waals surface area (Å²) in [6, 6.07) is 6.43. The van der Waals surface area contributed by atoms with E-state index in [9.17, 15) is 5.11 Å². The number of likely N-dealkylation sites (N-methyl/N-ethyl adjacent to an activating group) is 1. The van der Waals surface area contributed by atoms with Crippen LogP contribution in [0.25, 0.3) is 10.9 Å². The summed E-state index contributed by atoms with van der Waals surface area (Å²) in [5.74, 6) is 2.49. The third-order valence-corrected chi connectivity index (χ3v) is 6.84. The summed E-state index contributed by atoms with van der Waals surface area (Å²) in [6.45, 7) is 5.29. The Balaban J connectivity index is 1.72. The number of aromatic nitrogens is 1. The number of piperidine rings is 2. The summed E-state index contributed by atoms with van der Waals surface area (Å²) in [5.41, 5.74) is 2.06. The van der Waals surface area contributed by atoms with Crippen LogP contribution in [0.5, 0.6) is 11.5 Å². The van der Waals surface area contributed by atoms with E-state index >= 15 is 0 Å². The molecule has 2 aliphatic rings. The number of methoxy groups -OCH3 is 2. The number of benzene rings is 1. The number of pyridine rings is 1. The molecule has 4 rings (SSSR count). The topological polar surface area (TPSA) is 58.1 Å². The first kappa shape index (κ1) is 19.3. The molecule has 0 radical (unpaired) electrons. The molecule has 0 unspecified atom stereocenters. The molecule has 0 saturated carbocycles.